The molecule has 8 rings (SSSR count). The molecule has 0 radical (unpaired) electrons. The Morgan fingerprint density at radius 2 is 1.47 bits per heavy atom. The Bertz CT molecular complexity index is 2190. The molecule has 1 aliphatic rings. The third-order valence-electron chi connectivity index (χ3n) is 8.77. The Kier molecular flexibility index (Phi) is 6.76. The van der Waals surface area contributed by atoms with Crippen LogP contribution in [0.15, 0.2) is 102 Å². The molecule has 0 bridgehead atoms. The highest BCUT2D eigenvalue weighted by Crippen LogP contribution is 2.33. The van der Waals surface area contributed by atoms with Crippen molar-refractivity contribution in [2.45, 2.75) is 25.4 Å². The van der Waals surface area contributed by atoms with Gasteiger partial charge in [-0.15, -0.1) is 5.10 Å². The van der Waals surface area contributed by atoms with E-state index in [0.717, 1.165) is 82.6 Å². The van der Waals surface area contributed by atoms with Crippen molar-refractivity contribution in [2.75, 3.05) is 13.1 Å². The summed E-state index contributed by atoms with van der Waals surface area (Å²) < 4.78 is 3.60. The number of fused-ring (bicyclic) bond motifs is 2. The minimum Gasteiger partial charge on any atom is -0.306 e. The molecule has 0 saturated carbocycles. The first-order valence-corrected chi connectivity index (χ1v) is 15.2. The topological polar surface area (TPSA) is 110 Å². The van der Waals surface area contributed by atoms with E-state index in [2.05, 4.69) is 61.8 Å². The largest absolute Gasteiger partial charge is 0.326 e. The Morgan fingerprint density at radius 1 is 0.778 bits per heavy atom. The number of hydrogen-bond donors (Lipinski definition) is 1. The lowest BCUT2D eigenvalue weighted by Crippen LogP contribution is -2.36. The molecule has 222 valence electrons. The number of aryl methyl sites for hydroxylation is 1. The SMILES string of the molecule is Cn1nnnc1-c1ccc2nc(-c3ccccc3)c(-c3ccc(CN4CCC(n5c(=O)[nH]c6ccccc65)CC4)cc3)nc2c1. The molecule has 10 nitrogen and oxygen atoms in total. The van der Waals surface area contributed by atoms with Gasteiger partial charge in [-0.3, -0.25) is 9.47 Å². The number of piperidine rings is 1. The van der Waals surface area contributed by atoms with Crippen LogP contribution >= 0.6 is 0 Å². The quantitative estimate of drug-likeness (QED) is 0.266. The van der Waals surface area contributed by atoms with E-state index in [-0.39, 0.29) is 11.7 Å². The summed E-state index contributed by atoms with van der Waals surface area (Å²) in [5.74, 6) is 0.675. The van der Waals surface area contributed by atoms with Gasteiger partial charge < -0.3 is 4.98 Å². The molecule has 0 atom stereocenters. The van der Waals surface area contributed by atoms with Crippen LogP contribution in [0.25, 0.3) is 56.0 Å². The van der Waals surface area contributed by atoms with Gasteiger partial charge in [-0.25, -0.2) is 19.4 Å². The predicted octanol–water partition coefficient (Wildman–Crippen LogP) is 5.63. The molecule has 4 aromatic carbocycles. The molecular weight excluding hydrogens is 562 g/mol. The van der Waals surface area contributed by atoms with Crippen molar-refractivity contribution in [3.05, 3.63) is 113 Å². The maximum atomic E-state index is 12.7. The van der Waals surface area contributed by atoms with E-state index in [0.29, 0.717) is 5.82 Å². The van der Waals surface area contributed by atoms with E-state index in [1.165, 1.54) is 5.56 Å². The number of tetrazole rings is 1. The zero-order valence-corrected chi connectivity index (χ0v) is 24.8. The molecule has 10 heteroatoms. The lowest BCUT2D eigenvalue weighted by atomic mass is 10.0. The second kappa shape index (κ2) is 11.2. The third kappa shape index (κ3) is 5.08. The fourth-order valence-electron chi connectivity index (χ4n) is 6.46. The first-order valence-electron chi connectivity index (χ1n) is 15.2. The van der Waals surface area contributed by atoms with Gasteiger partial charge in [0.15, 0.2) is 5.82 Å². The van der Waals surface area contributed by atoms with E-state index in [4.69, 9.17) is 9.97 Å². The summed E-state index contributed by atoms with van der Waals surface area (Å²) in [5, 5.41) is 11.9. The Labute approximate surface area is 259 Å². The highest BCUT2D eigenvalue weighted by Gasteiger charge is 2.24. The van der Waals surface area contributed by atoms with Crippen LogP contribution in [0.4, 0.5) is 0 Å². The smallest absolute Gasteiger partial charge is 0.306 e. The number of nitrogens with zero attached hydrogens (tertiary/aromatic N) is 8. The van der Waals surface area contributed by atoms with Gasteiger partial charge in [0.25, 0.3) is 0 Å². The summed E-state index contributed by atoms with van der Waals surface area (Å²) >= 11 is 0. The molecule has 3 aromatic heterocycles. The predicted molar refractivity (Wildman–Crippen MR) is 174 cm³/mol. The van der Waals surface area contributed by atoms with Crippen LogP contribution in [0.3, 0.4) is 0 Å². The van der Waals surface area contributed by atoms with Gasteiger partial charge in [0.2, 0.25) is 0 Å². The molecule has 0 unspecified atom stereocenters. The average Bonchev–Trinajstić information content (AvgIpc) is 3.67. The maximum Gasteiger partial charge on any atom is 0.326 e. The van der Waals surface area contributed by atoms with Crippen molar-refractivity contribution in [1.82, 2.24) is 44.6 Å². The Morgan fingerprint density at radius 3 is 2.22 bits per heavy atom. The van der Waals surface area contributed by atoms with E-state index in [1.54, 1.807) is 4.68 Å². The van der Waals surface area contributed by atoms with E-state index in [1.807, 2.05) is 72.3 Å². The van der Waals surface area contributed by atoms with Gasteiger partial charge >= 0.3 is 5.69 Å². The van der Waals surface area contributed by atoms with Crippen LogP contribution in [0.2, 0.25) is 0 Å². The number of nitrogens with one attached hydrogen (secondary N) is 1. The normalized spacial score (nSPS) is 14.4. The zero-order chi connectivity index (χ0) is 30.3. The van der Waals surface area contributed by atoms with E-state index >= 15 is 0 Å². The molecule has 0 aliphatic carbocycles. The minimum atomic E-state index is -0.0150. The molecule has 1 fully saturated rings. The molecular formula is C35H31N9O. The molecule has 0 amide bonds. The number of aromatic amines is 1. The molecule has 1 saturated heterocycles. The minimum absolute atomic E-state index is 0.0150. The lowest BCUT2D eigenvalue weighted by Gasteiger charge is -2.32. The van der Waals surface area contributed by atoms with Gasteiger partial charge in [-0.2, -0.15) is 0 Å². The van der Waals surface area contributed by atoms with Crippen molar-refractivity contribution >= 4 is 22.1 Å². The fraction of sp³-hybridized carbons (Fsp3) is 0.200. The zero-order valence-electron chi connectivity index (χ0n) is 24.8. The van der Waals surface area contributed by atoms with Crippen LogP contribution < -0.4 is 5.69 Å². The second-order valence-corrected chi connectivity index (χ2v) is 11.6. The summed E-state index contributed by atoms with van der Waals surface area (Å²) in [6, 6.07) is 33.0. The van der Waals surface area contributed by atoms with Crippen LogP contribution in [0.5, 0.6) is 0 Å². The van der Waals surface area contributed by atoms with Crippen molar-refractivity contribution in [3.63, 3.8) is 0 Å². The van der Waals surface area contributed by atoms with Gasteiger partial charge in [0, 0.05) is 49.4 Å². The fourth-order valence-corrected chi connectivity index (χ4v) is 6.46. The summed E-state index contributed by atoms with van der Waals surface area (Å²) in [4.78, 5) is 28.4. The van der Waals surface area contributed by atoms with E-state index in [9.17, 15) is 4.79 Å². The molecule has 1 N–H and O–H groups in total. The molecule has 0 spiro atoms. The highest BCUT2D eigenvalue weighted by atomic mass is 16.1. The first-order chi connectivity index (χ1) is 22.1. The third-order valence-corrected chi connectivity index (χ3v) is 8.77. The second-order valence-electron chi connectivity index (χ2n) is 11.6. The number of imidazole rings is 1. The number of para-hydroxylation sites is 2. The van der Waals surface area contributed by atoms with Crippen molar-refractivity contribution in [2.24, 2.45) is 7.05 Å². The van der Waals surface area contributed by atoms with Crippen LogP contribution in [-0.2, 0) is 13.6 Å². The summed E-state index contributed by atoms with van der Waals surface area (Å²) in [6.07, 6.45) is 1.89. The Balaban J connectivity index is 1.05. The first kappa shape index (κ1) is 27.1. The average molecular weight is 594 g/mol. The van der Waals surface area contributed by atoms with Gasteiger partial charge in [0.1, 0.15) is 0 Å². The van der Waals surface area contributed by atoms with E-state index < -0.39 is 0 Å². The molecule has 4 heterocycles. The molecule has 45 heavy (non-hydrogen) atoms. The number of benzene rings is 4. The van der Waals surface area contributed by atoms with Crippen molar-refractivity contribution in [3.8, 4) is 33.9 Å². The summed E-state index contributed by atoms with van der Waals surface area (Å²) in [6.45, 7) is 2.74. The van der Waals surface area contributed by atoms with Crippen LogP contribution in [0.1, 0.15) is 24.4 Å². The lowest BCUT2D eigenvalue weighted by molar-refractivity contribution is 0.180. The molecule has 7 aromatic rings. The molecule has 1 aliphatic heterocycles. The summed E-state index contributed by atoms with van der Waals surface area (Å²) in [7, 11) is 1.82. The summed E-state index contributed by atoms with van der Waals surface area (Å²) in [5.41, 5.74) is 9.31. The monoisotopic (exact) mass is 593 g/mol. The highest BCUT2D eigenvalue weighted by molar-refractivity contribution is 5.88. The van der Waals surface area contributed by atoms with Gasteiger partial charge in [-0.05, 0) is 59.2 Å². The van der Waals surface area contributed by atoms with Crippen molar-refractivity contribution < 1.29 is 0 Å². The number of aromatic nitrogens is 8. The maximum absolute atomic E-state index is 12.7. The van der Waals surface area contributed by atoms with Crippen LogP contribution in [0, 0.1) is 0 Å². The Hall–Kier alpha value is -5.48. The van der Waals surface area contributed by atoms with Crippen molar-refractivity contribution in [1.29, 1.82) is 0 Å². The number of rotatable bonds is 6. The van der Waals surface area contributed by atoms with Gasteiger partial charge in [0.05, 0.1) is 33.5 Å². The number of H-pyrrole nitrogens is 1. The van der Waals surface area contributed by atoms with Crippen LogP contribution in [-0.4, -0.2) is 57.7 Å². The number of likely N-dealkylation sites (tertiary alicyclic amines) is 1. The standard InChI is InChI=1S/C35H31N9O/c1-42-34(39-40-41-42)26-15-16-28-30(21-26)37-33(32(36-28)24-7-3-2-4-8-24)25-13-11-23(12-14-25)22-43-19-17-27(18-20-43)44-31-10-6-5-9-29(31)38-35(44)45/h2-16,21,27H,17-20,22H2,1H3,(H,38,45). The number of hydrogen-bond acceptors (Lipinski definition) is 7. The van der Waals surface area contributed by atoms with Gasteiger partial charge in [-0.1, -0.05) is 66.7 Å².